The summed E-state index contributed by atoms with van der Waals surface area (Å²) in [6, 6.07) is 11.0. The molecule has 25 heavy (non-hydrogen) atoms. The van der Waals surface area contributed by atoms with Crippen LogP contribution < -0.4 is 0 Å². The minimum Gasteiger partial charge on any atom is -0.300 e. The average Bonchev–Trinajstić information content (AvgIpc) is 2.68. The van der Waals surface area contributed by atoms with Gasteiger partial charge in [0.2, 0.25) is 0 Å². The zero-order valence-corrected chi connectivity index (χ0v) is 15.2. The van der Waals surface area contributed by atoms with Gasteiger partial charge in [0.25, 0.3) is 0 Å². The number of hydrogen-bond donors (Lipinski definition) is 0. The number of para-hydroxylation sites is 1. The van der Waals surface area contributed by atoms with Gasteiger partial charge in [0.15, 0.2) is 0 Å². The van der Waals surface area contributed by atoms with Crippen molar-refractivity contribution in [3.8, 4) is 0 Å². The monoisotopic (exact) mass is 336 g/mol. The van der Waals surface area contributed by atoms with Gasteiger partial charge in [-0.1, -0.05) is 30.4 Å². The Labute approximate surface area is 151 Å². The SMILES string of the molecule is CC(=C=O)/C=C\C1CCC(N2CCC(=Nc3ccccc3)CC2)CC1. The molecule has 2 fully saturated rings. The molecule has 0 atom stereocenters. The highest BCUT2D eigenvalue weighted by Gasteiger charge is 2.27. The van der Waals surface area contributed by atoms with E-state index in [0.717, 1.165) is 37.7 Å². The van der Waals surface area contributed by atoms with Crippen molar-refractivity contribution in [3.05, 3.63) is 48.1 Å². The zero-order valence-electron chi connectivity index (χ0n) is 15.2. The molecule has 2 aliphatic rings. The topological polar surface area (TPSA) is 32.7 Å². The maximum absolute atomic E-state index is 10.5. The van der Waals surface area contributed by atoms with Crippen molar-refractivity contribution in [2.45, 2.75) is 51.5 Å². The van der Waals surface area contributed by atoms with Crippen LogP contribution in [0.15, 0.2) is 53.0 Å². The minimum atomic E-state index is 0.625. The lowest BCUT2D eigenvalue weighted by Crippen LogP contribution is -2.43. The van der Waals surface area contributed by atoms with Crippen LogP contribution in [0.4, 0.5) is 5.69 Å². The van der Waals surface area contributed by atoms with Crippen molar-refractivity contribution in [1.29, 1.82) is 0 Å². The molecular formula is C22H28N2O. The second-order valence-electron chi connectivity index (χ2n) is 7.26. The van der Waals surface area contributed by atoms with Gasteiger partial charge < -0.3 is 0 Å². The van der Waals surface area contributed by atoms with E-state index in [-0.39, 0.29) is 0 Å². The number of likely N-dealkylation sites (tertiary alicyclic amines) is 1. The molecule has 0 unspecified atom stereocenters. The Morgan fingerprint density at radius 2 is 1.80 bits per heavy atom. The molecule has 132 valence electrons. The van der Waals surface area contributed by atoms with Crippen LogP contribution in [0.1, 0.15) is 45.4 Å². The molecule has 1 heterocycles. The summed E-state index contributed by atoms with van der Waals surface area (Å²) in [5.74, 6) is 2.57. The van der Waals surface area contributed by atoms with Crippen molar-refractivity contribution in [1.82, 2.24) is 4.90 Å². The second-order valence-corrected chi connectivity index (χ2v) is 7.26. The number of benzene rings is 1. The molecule has 1 aromatic rings. The lowest BCUT2D eigenvalue weighted by Gasteiger charge is -2.38. The number of hydrogen-bond acceptors (Lipinski definition) is 3. The van der Waals surface area contributed by atoms with E-state index in [1.807, 2.05) is 37.1 Å². The number of piperidine rings is 1. The van der Waals surface area contributed by atoms with E-state index in [0.29, 0.717) is 11.5 Å². The molecule has 0 bridgehead atoms. The fraction of sp³-hybridized carbons (Fsp3) is 0.500. The normalized spacial score (nSPS) is 24.9. The Morgan fingerprint density at radius 1 is 1.12 bits per heavy atom. The van der Waals surface area contributed by atoms with E-state index >= 15 is 0 Å². The van der Waals surface area contributed by atoms with Gasteiger partial charge in [0, 0.05) is 30.4 Å². The number of rotatable bonds is 4. The first kappa shape index (κ1) is 17.8. The molecule has 1 aliphatic carbocycles. The summed E-state index contributed by atoms with van der Waals surface area (Å²) >= 11 is 0. The molecule has 0 aromatic heterocycles. The molecule has 0 amide bonds. The van der Waals surface area contributed by atoms with Crippen LogP contribution in [0.2, 0.25) is 0 Å². The summed E-state index contributed by atoms with van der Waals surface area (Å²) in [6.07, 6.45) is 11.3. The Bertz CT molecular complexity index is 653. The standard InChI is InChI=1S/C22H28N2O/c1-18(17-25)7-8-19-9-11-22(12-10-19)24-15-13-21(14-16-24)23-20-5-3-2-4-6-20/h2-8,19,22H,9-16H2,1H3/b8-7-. The van der Waals surface area contributed by atoms with Crippen molar-refractivity contribution in [2.75, 3.05) is 13.1 Å². The van der Waals surface area contributed by atoms with Gasteiger partial charge in [-0.15, -0.1) is 0 Å². The molecule has 3 nitrogen and oxygen atoms in total. The molecule has 1 aromatic carbocycles. The first-order valence-corrected chi connectivity index (χ1v) is 9.50. The van der Waals surface area contributed by atoms with Gasteiger partial charge in [0.05, 0.1) is 5.69 Å². The summed E-state index contributed by atoms with van der Waals surface area (Å²) < 4.78 is 0. The fourth-order valence-corrected chi connectivity index (χ4v) is 3.92. The highest BCUT2D eigenvalue weighted by molar-refractivity contribution is 5.87. The Kier molecular flexibility index (Phi) is 6.38. The molecule has 1 saturated carbocycles. The predicted molar refractivity (Wildman–Crippen MR) is 104 cm³/mol. The van der Waals surface area contributed by atoms with E-state index in [4.69, 9.17) is 4.99 Å². The molecule has 3 heteroatoms. The van der Waals surface area contributed by atoms with E-state index in [1.54, 1.807) is 0 Å². The molecule has 1 aliphatic heterocycles. The predicted octanol–water partition coefficient (Wildman–Crippen LogP) is 4.75. The van der Waals surface area contributed by atoms with Crippen LogP contribution in [0.3, 0.4) is 0 Å². The number of allylic oxidation sites excluding steroid dienone is 3. The van der Waals surface area contributed by atoms with Gasteiger partial charge >= 0.3 is 0 Å². The van der Waals surface area contributed by atoms with Crippen molar-refractivity contribution >= 4 is 17.3 Å². The summed E-state index contributed by atoms with van der Waals surface area (Å²) in [7, 11) is 0. The summed E-state index contributed by atoms with van der Waals surface area (Å²) in [4.78, 5) is 18.0. The second kappa shape index (κ2) is 8.94. The first-order chi connectivity index (χ1) is 12.2. The van der Waals surface area contributed by atoms with E-state index in [9.17, 15) is 4.79 Å². The summed E-state index contributed by atoms with van der Waals surface area (Å²) in [5.41, 5.74) is 3.12. The lowest BCUT2D eigenvalue weighted by atomic mass is 9.84. The number of carbonyl (C=O) groups excluding carboxylic acids is 1. The minimum absolute atomic E-state index is 0.625. The molecule has 0 radical (unpaired) electrons. The van der Waals surface area contributed by atoms with Gasteiger partial charge in [-0.25, -0.2) is 4.79 Å². The van der Waals surface area contributed by atoms with E-state index in [1.165, 1.54) is 31.4 Å². The largest absolute Gasteiger partial charge is 0.300 e. The third kappa shape index (κ3) is 5.26. The third-order valence-electron chi connectivity index (χ3n) is 5.46. The highest BCUT2D eigenvalue weighted by atomic mass is 16.1. The van der Waals surface area contributed by atoms with E-state index in [2.05, 4.69) is 23.1 Å². The fourth-order valence-electron chi connectivity index (χ4n) is 3.92. The number of aliphatic imine (C=N–C) groups is 1. The average molecular weight is 336 g/mol. The van der Waals surface area contributed by atoms with Crippen LogP contribution in [0, 0.1) is 5.92 Å². The zero-order chi connectivity index (χ0) is 17.5. The van der Waals surface area contributed by atoms with E-state index < -0.39 is 0 Å². The molecule has 0 N–H and O–H groups in total. The molecule has 0 spiro atoms. The lowest BCUT2D eigenvalue weighted by molar-refractivity contribution is 0.144. The summed E-state index contributed by atoms with van der Waals surface area (Å²) in [6.45, 7) is 4.10. The van der Waals surface area contributed by atoms with Crippen LogP contribution in [0.25, 0.3) is 0 Å². The Hall–Kier alpha value is -1.96. The van der Waals surface area contributed by atoms with Crippen LogP contribution in [-0.2, 0) is 4.79 Å². The van der Waals surface area contributed by atoms with Crippen molar-refractivity contribution in [2.24, 2.45) is 10.9 Å². The summed E-state index contributed by atoms with van der Waals surface area (Å²) in [5, 5.41) is 0. The Balaban J connectivity index is 1.46. The molecular weight excluding hydrogens is 308 g/mol. The molecule has 3 rings (SSSR count). The smallest absolute Gasteiger partial charge is 0.127 e. The van der Waals surface area contributed by atoms with Crippen molar-refractivity contribution in [3.63, 3.8) is 0 Å². The third-order valence-corrected chi connectivity index (χ3v) is 5.46. The van der Waals surface area contributed by atoms with Gasteiger partial charge in [-0.3, -0.25) is 9.89 Å². The van der Waals surface area contributed by atoms with Gasteiger partial charge in [0.1, 0.15) is 5.94 Å². The maximum Gasteiger partial charge on any atom is 0.127 e. The van der Waals surface area contributed by atoms with Crippen LogP contribution in [0.5, 0.6) is 0 Å². The Morgan fingerprint density at radius 3 is 2.44 bits per heavy atom. The van der Waals surface area contributed by atoms with Gasteiger partial charge in [-0.05, 0) is 63.5 Å². The van der Waals surface area contributed by atoms with Gasteiger partial charge in [-0.2, -0.15) is 0 Å². The quantitative estimate of drug-likeness (QED) is 0.587. The highest BCUT2D eigenvalue weighted by Crippen LogP contribution is 2.30. The molecule has 1 saturated heterocycles. The van der Waals surface area contributed by atoms with Crippen LogP contribution >= 0.6 is 0 Å². The van der Waals surface area contributed by atoms with Crippen LogP contribution in [-0.4, -0.2) is 35.7 Å². The van der Waals surface area contributed by atoms with Crippen molar-refractivity contribution < 1.29 is 4.79 Å². The first-order valence-electron chi connectivity index (χ1n) is 9.50. The maximum atomic E-state index is 10.5. The number of nitrogens with zero attached hydrogens (tertiary/aromatic N) is 2.